The summed E-state index contributed by atoms with van der Waals surface area (Å²) in [5, 5.41) is 0.374. The van der Waals surface area contributed by atoms with Gasteiger partial charge in [0.2, 0.25) is 0 Å². The van der Waals surface area contributed by atoms with Crippen molar-refractivity contribution in [1.82, 2.24) is 0 Å². The van der Waals surface area contributed by atoms with Crippen LogP contribution >= 0.6 is 23.2 Å². The Morgan fingerprint density at radius 1 is 1.29 bits per heavy atom. The molecule has 2 nitrogen and oxygen atoms in total. The molecule has 2 rings (SSSR count). The molecular formula is C12H10Cl2FNO. The van der Waals surface area contributed by atoms with E-state index in [-0.39, 0.29) is 16.3 Å². The van der Waals surface area contributed by atoms with E-state index >= 15 is 0 Å². The minimum atomic E-state index is -0.440. The molecule has 0 aliphatic heterocycles. The highest BCUT2D eigenvalue weighted by Gasteiger charge is 2.14. The normalized spacial score (nSPS) is 12.7. The fourth-order valence-electron chi connectivity index (χ4n) is 1.60. The first-order valence-electron chi connectivity index (χ1n) is 5.00. The van der Waals surface area contributed by atoms with Crippen LogP contribution in [0.1, 0.15) is 17.2 Å². The highest BCUT2D eigenvalue weighted by molar-refractivity contribution is 6.30. The Kier molecular flexibility index (Phi) is 3.72. The maximum Gasteiger partial charge on any atom is 0.197 e. The molecule has 1 aromatic carbocycles. The van der Waals surface area contributed by atoms with Gasteiger partial charge < -0.3 is 10.2 Å². The number of halogens is 3. The summed E-state index contributed by atoms with van der Waals surface area (Å²) in [6, 6.07) is 5.95. The Hall–Kier alpha value is -1.03. The van der Waals surface area contributed by atoms with Crippen LogP contribution in [0.3, 0.4) is 0 Å². The van der Waals surface area contributed by atoms with Gasteiger partial charge in [0.15, 0.2) is 5.22 Å². The quantitative estimate of drug-likeness (QED) is 0.919. The second-order valence-electron chi connectivity index (χ2n) is 3.71. The Morgan fingerprint density at radius 2 is 2.06 bits per heavy atom. The van der Waals surface area contributed by atoms with Crippen molar-refractivity contribution >= 4 is 23.2 Å². The number of nitrogens with two attached hydrogens (primary N) is 1. The van der Waals surface area contributed by atoms with E-state index in [4.69, 9.17) is 33.4 Å². The van der Waals surface area contributed by atoms with E-state index in [0.717, 1.165) is 11.1 Å². The molecule has 0 spiro atoms. The van der Waals surface area contributed by atoms with Gasteiger partial charge >= 0.3 is 0 Å². The molecule has 1 aromatic heterocycles. The summed E-state index contributed by atoms with van der Waals surface area (Å²) >= 11 is 11.5. The summed E-state index contributed by atoms with van der Waals surface area (Å²) in [6.07, 6.45) is 1.99. The second-order valence-corrected chi connectivity index (χ2v) is 4.46. The lowest BCUT2D eigenvalue weighted by molar-refractivity contribution is 0.560. The first-order valence-corrected chi connectivity index (χ1v) is 5.76. The largest absolute Gasteiger partial charge is 0.453 e. The lowest BCUT2D eigenvalue weighted by Crippen LogP contribution is -2.13. The standard InChI is InChI=1S/C12H10Cl2FNO/c13-9-5-7(1-2-10(9)15)6-11(16)8-3-4-17-12(8)14/h1-5,11H,6,16H2. The number of furan rings is 1. The molecule has 0 fully saturated rings. The zero-order chi connectivity index (χ0) is 12.4. The zero-order valence-electron chi connectivity index (χ0n) is 8.79. The Balaban J connectivity index is 2.16. The molecule has 0 bridgehead atoms. The predicted octanol–water partition coefficient (Wildman–Crippen LogP) is 3.97. The van der Waals surface area contributed by atoms with Gasteiger partial charge in [-0.15, -0.1) is 0 Å². The minimum Gasteiger partial charge on any atom is -0.453 e. The topological polar surface area (TPSA) is 39.2 Å². The molecule has 0 saturated carbocycles. The molecule has 90 valence electrons. The third-order valence-corrected chi connectivity index (χ3v) is 3.08. The SMILES string of the molecule is NC(Cc1ccc(F)c(Cl)c1)c1ccoc1Cl. The number of benzene rings is 1. The first-order chi connectivity index (χ1) is 8.08. The number of hydrogen-bond donors (Lipinski definition) is 1. The van der Waals surface area contributed by atoms with Crippen molar-refractivity contribution in [3.63, 3.8) is 0 Å². The fraction of sp³-hybridized carbons (Fsp3) is 0.167. The van der Waals surface area contributed by atoms with Crippen molar-refractivity contribution in [2.45, 2.75) is 12.5 Å². The predicted molar refractivity (Wildman–Crippen MR) is 65.8 cm³/mol. The van der Waals surface area contributed by atoms with Crippen LogP contribution < -0.4 is 5.73 Å². The van der Waals surface area contributed by atoms with Crippen molar-refractivity contribution in [2.24, 2.45) is 5.73 Å². The van der Waals surface area contributed by atoms with Gasteiger partial charge in [-0.2, -0.15) is 0 Å². The average molecular weight is 274 g/mol. The molecule has 0 saturated heterocycles. The van der Waals surface area contributed by atoms with Crippen LogP contribution in [-0.4, -0.2) is 0 Å². The average Bonchev–Trinajstić information content (AvgIpc) is 2.70. The van der Waals surface area contributed by atoms with Crippen molar-refractivity contribution in [3.05, 3.63) is 57.7 Å². The lowest BCUT2D eigenvalue weighted by atomic mass is 10.0. The molecule has 1 atom stereocenters. The van der Waals surface area contributed by atoms with E-state index in [9.17, 15) is 4.39 Å². The fourth-order valence-corrected chi connectivity index (χ4v) is 2.06. The Labute approximate surface area is 108 Å². The molecule has 1 heterocycles. The van der Waals surface area contributed by atoms with Crippen LogP contribution in [0.15, 0.2) is 34.9 Å². The van der Waals surface area contributed by atoms with Gasteiger partial charge in [0.05, 0.1) is 11.3 Å². The third-order valence-electron chi connectivity index (χ3n) is 2.49. The maximum absolute atomic E-state index is 13.0. The Morgan fingerprint density at radius 3 is 2.65 bits per heavy atom. The molecule has 2 aromatic rings. The molecule has 0 amide bonds. The zero-order valence-corrected chi connectivity index (χ0v) is 10.3. The van der Waals surface area contributed by atoms with Crippen molar-refractivity contribution < 1.29 is 8.81 Å². The summed E-state index contributed by atoms with van der Waals surface area (Å²) in [4.78, 5) is 0. The molecular weight excluding hydrogens is 264 g/mol. The van der Waals surface area contributed by atoms with Crippen molar-refractivity contribution in [3.8, 4) is 0 Å². The number of hydrogen-bond acceptors (Lipinski definition) is 2. The summed E-state index contributed by atoms with van der Waals surface area (Å²) in [5.41, 5.74) is 7.56. The monoisotopic (exact) mass is 273 g/mol. The molecule has 1 unspecified atom stereocenters. The smallest absolute Gasteiger partial charge is 0.197 e. The van der Waals surface area contributed by atoms with Gasteiger partial charge in [-0.05, 0) is 41.8 Å². The van der Waals surface area contributed by atoms with Gasteiger partial charge in [-0.3, -0.25) is 0 Å². The van der Waals surface area contributed by atoms with Gasteiger partial charge in [0.25, 0.3) is 0 Å². The van der Waals surface area contributed by atoms with E-state index in [1.165, 1.54) is 12.3 Å². The summed E-state index contributed by atoms with van der Waals surface area (Å²) in [7, 11) is 0. The van der Waals surface area contributed by atoms with E-state index in [1.807, 2.05) is 0 Å². The van der Waals surface area contributed by atoms with E-state index in [2.05, 4.69) is 0 Å². The maximum atomic E-state index is 13.0. The number of rotatable bonds is 3. The molecule has 0 radical (unpaired) electrons. The molecule has 5 heteroatoms. The summed E-state index contributed by atoms with van der Waals surface area (Å²) in [6.45, 7) is 0. The molecule has 17 heavy (non-hydrogen) atoms. The Bertz CT molecular complexity index is 527. The van der Waals surface area contributed by atoms with Crippen LogP contribution in [0.5, 0.6) is 0 Å². The lowest BCUT2D eigenvalue weighted by Gasteiger charge is -2.10. The van der Waals surface area contributed by atoms with Gasteiger partial charge in [-0.1, -0.05) is 17.7 Å². The van der Waals surface area contributed by atoms with Gasteiger partial charge in [0, 0.05) is 11.6 Å². The van der Waals surface area contributed by atoms with Gasteiger partial charge in [-0.25, -0.2) is 4.39 Å². The van der Waals surface area contributed by atoms with Crippen LogP contribution in [0.2, 0.25) is 10.2 Å². The summed E-state index contributed by atoms with van der Waals surface area (Å²) < 4.78 is 17.9. The van der Waals surface area contributed by atoms with Crippen LogP contribution in [0, 0.1) is 5.82 Å². The first kappa shape index (κ1) is 12.4. The highest BCUT2D eigenvalue weighted by Crippen LogP contribution is 2.26. The van der Waals surface area contributed by atoms with Crippen molar-refractivity contribution in [2.75, 3.05) is 0 Å². The van der Waals surface area contributed by atoms with Crippen LogP contribution in [-0.2, 0) is 6.42 Å². The third kappa shape index (κ3) is 2.80. The van der Waals surface area contributed by atoms with E-state index in [0.29, 0.717) is 6.42 Å². The van der Waals surface area contributed by atoms with Crippen LogP contribution in [0.25, 0.3) is 0 Å². The van der Waals surface area contributed by atoms with E-state index < -0.39 is 5.82 Å². The van der Waals surface area contributed by atoms with Gasteiger partial charge in [0.1, 0.15) is 5.82 Å². The molecule has 0 aliphatic rings. The minimum absolute atomic E-state index is 0.0907. The summed E-state index contributed by atoms with van der Waals surface area (Å²) in [5.74, 6) is -0.440. The highest BCUT2D eigenvalue weighted by atomic mass is 35.5. The van der Waals surface area contributed by atoms with Crippen LogP contribution in [0.4, 0.5) is 4.39 Å². The molecule has 0 aliphatic carbocycles. The molecule has 2 N–H and O–H groups in total. The second kappa shape index (κ2) is 5.08. The van der Waals surface area contributed by atoms with E-state index in [1.54, 1.807) is 18.2 Å². The van der Waals surface area contributed by atoms with Crippen molar-refractivity contribution in [1.29, 1.82) is 0 Å².